The molecule has 0 heterocycles. The first-order valence-electron chi connectivity index (χ1n) is 8.56. The maximum absolute atomic E-state index is 13.1. The van der Waals surface area contributed by atoms with Gasteiger partial charge in [0.05, 0.1) is 18.7 Å². The van der Waals surface area contributed by atoms with Crippen LogP contribution in [0.5, 0.6) is 5.75 Å². The molecule has 3 rings (SSSR count). The van der Waals surface area contributed by atoms with Crippen molar-refractivity contribution in [1.82, 2.24) is 4.90 Å². The molecule has 1 unspecified atom stereocenters. The first kappa shape index (κ1) is 17.0. The molecule has 1 aliphatic carbocycles. The smallest absolute Gasteiger partial charge is 0.254 e. The molecule has 1 saturated carbocycles. The van der Waals surface area contributed by atoms with Crippen LogP contribution in [0.15, 0.2) is 48.5 Å². The Bertz CT molecular complexity index is 771. The van der Waals surface area contributed by atoms with E-state index in [1.165, 1.54) is 12.8 Å². The molecule has 4 nitrogen and oxygen atoms in total. The summed E-state index contributed by atoms with van der Waals surface area (Å²) in [7, 11) is 1.64. The molecule has 1 fully saturated rings. The van der Waals surface area contributed by atoms with Crippen molar-refractivity contribution in [3.8, 4) is 11.8 Å². The molecule has 0 spiro atoms. The molecule has 1 atom stereocenters. The first-order valence-corrected chi connectivity index (χ1v) is 8.56. The van der Waals surface area contributed by atoms with E-state index in [0.717, 1.165) is 11.3 Å². The Hall–Kier alpha value is -2.80. The van der Waals surface area contributed by atoms with Gasteiger partial charge < -0.3 is 9.64 Å². The molecule has 2 aromatic carbocycles. The fourth-order valence-electron chi connectivity index (χ4n) is 3.01. The molecule has 0 bridgehead atoms. The third kappa shape index (κ3) is 4.00. The Morgan fingerprint density at radius 1 is 1.20 bits per heavy atom. The highest BCUT2D eigenvalue weighted by Crippen LogP contribution is 2.36. The van der Waals surface area contributed by atoms with Gasteiger partial charge in [-0.2, -0.15) is 5.26 Å². The van der Waals surface area contributed by atoms with Gasteiger partial charge >= 0.3 is 0 Å². The second kappa shape index (κ2) is 7.40. The zero-order valence-corrected chi connectivity index (χ0v) is 14.6. The van der Waals surface area contributed by atoms with E-state index in [1.807, 2.05) is 29.2 Å². The monoisotopic (exact) mass is 334 g/mol. The van der Waals surface area contributed by atoms with Crippen molar-refractivity contribution < 1.29 is 9.53 Å². The molecule has 0 aliphatic heterocycles. The van der Waals surface area contributed by atoms with E-state index in [4.69, 9.17) is 10.00 Å². The van der Waals surface area contributed by atoms with Crippen LogP contribution in [-0.4, -0.2) is 24.0 Å². The van der Waals surface area contributed by atoms with E-state index in [1.54, 1.807) is 31.4 Å². The fourth-order valence-corrected chi connectivity index (χ4v) is 3.01. The van der Waals surface area contributed by atoms with Gasteiger partial charge in [0.15, 0.2) is 0 Å². The number of amides is 1. The second-order valence-corrected chi connectivity index (χ2v) is 6.55. The summed E-state index contributed by atoms with van der Waals surface area (Å²) in [5.41, 5.74) is 2.27. The molecule has 1 aliphatic rings. The van der Waals surface area contributed by atoms with Gasteiger partial charge in [0, 0.05) is 18.2 Å². The van der Waals surface area contributed by atoms with Crippen molar-refractivity contribution >= 4 is 5.91 Å². The lowest BCUT2D eigenvalue weighted by Crippen LogP contribution is -2.39. The highest BCUT2D eigenvalue weighted by molar-refractivity contribution is 5.94. The minimum absolute atomic E-state index is 0.0136. The van der Waals surface area contributed by atoms with Gasteiger partial charge in [-0.3, -0.25) is 4.79 Å². The van der Waals surface area contributed by atoms with Crippen LogP contribution in [0, 0.1) is 17.2 Å². The lowest BCUT2D eigenvalue weighted by atomic mass is 10.1. The maximum Gasteiger partial charge on any atom is 0.254 e. The lowest BCUT2D eigenvalue weighted by Gasteiger charge is -2.30. The highest BCUT2D eigenvalue weighted by atomic mass is 16.5. The summed E-state index contributed by atoms with van der Waals surface area (Å²) >= 11 is 0. The Labute approximate surface area is 148 Å². The molecule has 128 valence electrons. The highest BCUT2D eigenvalue weighted by Gasteiger charge is 2.34. The van der Waals surface area contributed by atoms with Crippen molar-refractivity contribution in [2.45, 2.75) is 32.4 Å². The third-order valence-corrected chi connectivity index (χ3v) is 4.83. The number of carbonyl (C=O) groups excluding carboxylic acids is 1. The molecule has 1 amide bonds. The molecule has 2 aromatic rings. The van der Waals surface area contributed by atoms with E-state index >= 15 is 0 Å². The quantitative estimate of drug-likeness (QED) is 0.802. The van der Waals surface area contributed by atoms with Crippen LogP contribution >= 0.6 is 0 Å². The van der Waals surface area contributed by atoms with Gasteiger partial charge in [-0.15, -0.1) is 0 Å². The molecule has 25 heavy (non-hydrogen) atoms. The Morgan fingerprint density at radius 3 is 2.36 bits per heavy atom. The number of nitrogens with zero attached hydrogens (tertiary/aromatic N) is 2. The number of benzene rings is 2. The minimum Gasteiger partial charge on any atom is -0.497 e. The van der Waals surface area contributed by atoms with Crippen LogP contribution in [-0.2, 0) is 6.54 Å². The number of rotatable bonds is 6. The topological polar surface area (TPSA) is 53.3 Å². The lowest BCUT2D eigenvalue weighted by molar-refractivity contribution is 0.0654. The summed E-state index contributed by atoms with van der Waals surface area (Å²) in [4.78, 5) is 15.0. The first-order chi connectivity index (χ1) is 12.1. The summed E-state index contributed by atoms with van der Waals surface area (Å²) in [6.45, 7) is 2.70. The van der Waals surface area contributed by atoms with E-state index in [9.17, 15) is 4.79 Å². The van der Waals surface area contributed by atoms with E-state index < -0.39 is 0 Å². The van der Waals surface area contributed by atoms with Crippen molar-refractivity contribution in [2.75, 3.05) is 7.11 Å². The van der Waals surface area contributed by atoms with Crippen LogP contribution in [0.1, 0.15) is 41.3 Å². The van der Waals surface area contributed by atoms with Gasteiger partial charge in [0.25, 0.3) is 5.91 Å². The zero-order chi connectivity index (χ0) is 17.8. The predicted molar refractivity (Wildman–Crippen MR) is 96.2 cm³/mol. The average molecular weight is 334 g/mol. The molecular formula is C21H22N2O2. The van der Waals surface area contributed by atoms with Crippen molar-refractivity contribution in [1.29, 1.82) is 5.26 Å². The van der Waals surface area contributed by atoms with Crippen LogP contribution in [0.3, 0.4) is 0 Å². The number of hydrogen-bond donors (Lipinski definition) is 0. The van der Waals surface area contributed by atoms with Crippen molar-refractivity contribution in [3.05, 3.63) is 65.2 Å². The summed E-state index contributed by atoms with van der Waals surface area (Å²) < 4.78 is 5.20. The van der Waals surface area contributed by atoms with Gasteiger partial charge in [-0.1, -0.05) is 12.1 Å². The summed E-state index contributed by atoms with van der Waals surface area (Å²) in [6, 6.07) is 17.0. The molecule has 4 heteroatoms. The van der Waals surface area contributed by atoms with Crippen LogP contribution in [0.25, 0.3) is 0 Å². The van der Waals surface area contributed by atoms with Gasteiger partial charge in [0.2, 0.25) is 0 Å². The SMILES string of the molecule is COc1ccc(CN(C(=O)c2ccc(C#N)cc2)C(C)C2CC2)cc1. The average Bonchev–Trinajstić information content (AvgIpc) is 3.51. The normalized spacial score (nSPS) is 14.4. The van der Waals surface area contributed by atoms with Crippen LogP contribution in [0.2, 0.25) is 0 Å². The molecule has 0 N–H and O–H groups in total. The minimum atomic E-state index is 0.0136. The predicted octanol–water partition coefficient (Wildman–Crippen LogP) is 4.01. The van der Waals surface area contributed by atoms with Gasteiger partial charge in [-0.05, 0) is 67.6 Å². The van der Waals surface area contributed by atoms with Crippen molar-refractivity contribution in [2.24, 2.45) is 5.92 Å². The number of methoxy groups -OCH3 is 1. The number of hydrogen-bond acceptors (Lipinski definition) is 3. The number of carbonyl (C=O) groups is 1. The van der Waals surface area contributed by atoms with Crippen LogP contribution in [0.4, 0.5) is 0 Å². The standard InChI is InChI=1S/C21H22N2O2/c1-15(18-9-10-18)23(14-17-5-11-20(25-2)12-6-17)21(24)19-7-3-16(13-22)4-8-19/h3-8,11-12,15,18H,9-10,14H2,1-2H3. The van der Waals surface area contributed by atoms with E-state index in [0.29, 0.717) is 23.6 Å². The third-order valence-electron chi connectivity index (χ3n) is 4.83. The summed E-state index contributed by atoms with van der Waals surface area (Å²) in [5, 5.41) is 8.93. The van der Waals surface area contributed by atoms with Gasteiger partial charge in [0.1, 0.15) is 5.75 Å². The Kier molecular flexibility index (Phi) is 5.04. The second-order valence-electron chi connectivity index (χ2n) is 6.55. The van der Waals surface area contributed by atoms with E-state index in [-0.39, 0.29) is 11.9 Å². The number of ether oxygens (including phenoxy) is 1. The molecule has 0 radical (unpaired) electrons. The van der Waals surface area contributed by atoms with Gasteiger partial charge in [-0.25, -0.2) is 0 Å². The summed E-state index contributed by atoms with van der Waals surface area (Å²) in [5.74, 6) is 1.41. The van der Waals surface area contributed by atoms with E-state index in [2.05, 4.69) is 13.0 Å². The van der Waals surface area contributed by atoms with Crippen LogP contribution < -0.4 is 4.74 Å². The maximum atomic E-state index is 13.1. The molecule has 0 aromatic heterocycles. The molecular weight excluding hydrogens is 312 g/mol. The number of nitriles is 1. The zero-order valence-electron chi connectivity index (χ0n) is 14.6. The Balaban J connectivity index is 1.82. The fraction of sp³-hybridized carbons (Fsp3) is 0.333. The molecule has 0 saturated heterocycles. The Morgan fingerprint density at radius 2 is 1.84 bits per heavy atom. The van der Waals surface area contributed by atoms with Crippen molar-refractivity contribution in [3.63, 3.8) is 0 Å². The summed E-state index contributed by atoms with van der Waals surface area (Å²) in [6.07, 6.45) is 2.36. The largest absolute Gasteiger partial charge is 0.497 e.